The monoisotopic (exact) mass is 297 g/mol. The second-order valence-corrected chi connectivity index (χ2v) is 6.55. The Labute approximate surface area is 130 Å². The summed E-state index contributed by atoms with van der Waals surface area (Å²) in [5, 5.41) is 0. The van der Waals surface area contributed by atoms with Gasteiger partial charge in [-0.3, -0.25) is 4.79 Å². The molecule has 0 aromatic heterocycles. The van der Waals surface area contributed by atoms with E-state index < -0.39 is 0 Å². The van der Waals surface area contributed by atoms with Gasteiger partial charge in [0.15, 0.2) is 0 Å². The Morgan fingerprint density at radius 2 is 1.86 bits per heavy atom. The molecule has 0 unspecified atom stereocenters. The maximum atomic E-state index is 11.7. The lowest BCUT2D eigenvalue weighted by Gasteiger charge is -2.12. The van der Waals surface area contributed by atoms with Gasteiger partial charge in [-0.25, -0.2) is 0 Å². The number of rotatable bonds is 4. The first-order valence-corrected chi connectivity index (χ1v) is 8.29. The minimum absolute atomic E-state index is 0.174. The molecule has 3 rings (SSSR count). The third kappa shape index (κ3) is 2.84. The number of amides is 1. The zero-order valence-corrected chi connectivity index (χ0v) is 13.2. The first-order chi connectivity index (χ1) is 10.2. The van der Waals surface area contributed by atoms with Crippen LogP contribution in [0.1, 0.15) is 16.7 Å². The quantitative estimate of drug-likeness (QED) is 0.733. The minimum atomic E-state index is 0.174. The SMILES string of the molecule is CN(C)C(=O)CSCc1cccc2c1-c1ccccc1C2. The molecule has 2 aromatic rings. The maximum Gasteiger partial charge on any atom is 0.232 e. The van der Waals surface area contributed by atoms with Gasteiger partial charge in [-0.15, -0.1) is 11.8 Å². The highest BCUT2D eigenvalue weighted by Crippen LogP contribution is 2.39. The molecule has 3 heteroatoms. The predicted molar refractivity (Wildman–Crippen MR) is 89.5 cm³/mol. The number of benzene rings is 2. The van der Waals surface area contributed by atoms with Gasteiger partial charge in [0.2, 0.25) is 5.91 Å². The highest BCUT2D eigenvalue weighted by atomic mass is 32.2. The molecule has 0 heterocycles. The Morgan fingerprint density at radius 1 is 1.10 bits per heavy atom. The van der Waals surface area contributed by atoms with Gasteiger partial charge in [-0.2, -0.15) is 0 Å². The van der Waals surface area contributed by atoms with Crippen molar-refractivity contribution in [2.45, 2.75) is 12.2 Å². The van der Waals surface area contributed by atoms with Gasteiger partial charge in [-0.1, -0.05) is 42.5 Å². The zero-order chi connectivity index (χ0) is 14.8. The van der Waals surface area contributed by atoms with Crippen LogP contribution < -0.4 is 0 Å². The Morgan fingerprint density at radius 3 is 2.67 bits per heavy atom. The summed E-state index contributed by atoms with van der Waals surface area (Å²) < 4.78 is 0. The molecule has 2 aromatic carbocycles. The van der Waals surface area contributed by atoms with Gasteiger partial charge in [0.25, 0.3) is 0 Å². The number of thioether (sulfide) groups is 1. The van der Waals surface area contributed by atoms with E-state index in [0.29, 0.717) is 5.75 Å². The van der Waals surface area contributed by atoms with E-state index in [1.807, 2.05) is 0 Å². The van der Waals surface area contributed by atoms with Crippen LogP contribution in [0.4, 0.5) is 0 Å². The summed E-state index contributed by atoms with van der Waals surface area (Å²) in [6.45, 7) is 0. The third-order valence-electron chi connectivity index (χ3n) is 3.89. The van der Waals surface area contributed by atoms with Gasteiger partial charge >= 0.3 is 0 Å². The van der Waals surface area contributed by atoms with Crippen LogP contribution >= 0.6 is 11.8 Å². The second kappa shape index (κ2) is 5.94. The van der Waals surface area contributed by atoms with Crippen molar-refractivity contribution in [1.82, 2.24) is 4.90 Å². The smallest absolute Gasteiger partial charge is 0.232 e. The molecular weight excluding hydrogens is 278 g/mol. The highest BCUT2D eigenvalue weighted by Gasteiger charge is 2.20. The van der Waals surface area contributed by atoms with Crippen molar-refractivity contribution in [3.8, 4) is 11.1 Å². The lowest BCUT2D eigenvalue weighted by Crippen LogP contribution is -2.23. The van der Waals surface area contributed by atoms with Crippen molar-refractivity contribution < 1.29 is 4.79 Å². The van der Waals surface area contributed by atoms with E-state index in [1.165, 1.54) is 27.8 Å². The molecule has 0 fully saturated rings. The van der Waals surface area contributed by atoms with Crippen molar-refractivity contribution >= 4 is 17.7 Å². The molecule has 0 spiro atoms. The lowest BCUT2D eigenvalue weighted by atomic mass is 10.0. The number of fused-ring (bicyclic) bond motifs is 3. The molecule has 2 nitrogen and oxygen atoms in total. The zero-order valence-electron chi connectivity index (χ0n) is 12.4. The summed E-state index contributed by atoms with van der Waals surface area (Å²) in [6.07, 6.45) is 1.03. The van der Waals surface area contributed by atoms with Crippen LogP contribution in [-0.2, 0) is 17.0 Å². The normalized spacial score (nSPS) is 11.9. The standard InChI is InChI=1S/C18H19NOS/c1-19(2)17(20)12-21-11-15-8-5-7-14-10-13-6-3-4-9-16(13)18(14)15/h3-9H,10-12H2,1-2H3. The van der Waals surface area contributed by atoms with Crippen molar-refractivity contribution in [1.29, 1.82) is 0 Å². The average Bonchev–Trinajstić information content (AvgIpc) is 2.86. The molecule has 108 valence electrons. The topological polar surface area (TPSA) is 20.3 Å². The molecule has 0 aliphatic heterocycles. The van der Waals surface area contributed by atoms with E-state index in [-0.39, 0.29) is 5.91 Å². The first-order valence-electron chi connectivity index (χ1n) is 7.14. The van der Waals surface area contributed by atoms with E-state index in [9.17, 15) is 4.79 Å². The molecule has 0 N–H and O–H groups in total. The van der Waals surface area contributed by atoms with Gasteiger partial charge in [0.1, 0.15) is 0 Å². The fourth-order valence-corrected chi connectivity index (χ4v) is 3.76. The van der Waals surface area contributed by atoms with Crippen molar-refractivity contribution in [2.75, 3.05) is 19.8 Å². The fraction of sp³-hybridized carbons (Fsp3) is 0.278. The summed E-state index contributed by atoms with van der Waals surface area (Å²) in [6, 6.07) is 15.2. The minimum Gasteiger partial charge on any atom is -0.348 e. The third-order valence-corrected chi connectivity index (χ3v) is 4.85. The fourth-order valence-electron chi connectivity index (χ4n) is 2.77. The molecule has 0 bridgehead atoms. The van der Waals surface area contributed by atoms with Gasteiger partial charge in [0.05, 0.1) is 5.75 Å². The Kier molecular flexibility index (Phi) is 4.02. The Hall–Kier alpha value is -1.74. The van der Waals surface area contributed by atoms with Crippen molar-refractivity contribution in [3.63, 3.8) is 0 Å². The second-order valence-electron chi connectivity index (χ2n) is 5.57. The van der Waals surface area contributed by atoms with E-state index in [4.69, 9.17) is 0 Å². The number of hydrogen-bond donors (Lipinski definition) is 0. The molecule has 0 saturated heterocycles. The first kappa shape index (κ1) is 14.2. The van der Waals surface area contributed by atoms with Crippen molar-refractivity contribution in [3.05, 3.63) is 59.2 Å². The molecule has 1 amide bonds. The van der Waals surface area contributed by atoms with E-state index >= 15 is 0 Å². The molecule has 0 atom stereocenters. The van der Waals surface area contributed by atoms with Crippen LogP contribution in [0.5, 0.6) is 0 Å². The summed E-state index contributed by atoms with van der Waals surface area (Å²) in [4.78, 5) is 13.3. The summed E-state index contributed by atoms with van der Waals surface area (Å²) >= 11 is 1.69. The van der Waals surface area contributed by atoms with Crippen LogP contribution in [0.15, 0.2) is 42.5 Å². The molecule has 0 radical (unpaired) electrons. The molecule has 1 aliphatic rings. The number of nitrogens with zero attached hydrogens (tertiary/aromatic N) is 1. The summed E-state index contributed by atoms with van der Waals surface area (Å²) in [5.74, 6) is 1.60. The Bertz CT molecular complexity index is 679. The van der Waals surface area contributed by atoms with Crippen LogP contribution in [0, 0.1) is 0 Å². The maximum absolute atomic E-state index is 11.7. The average molecular weight is 297 g/mol. The van der Waals surface area contributed by atoms with E-state index in [2.05, 4.69) is 42.5 Å². The number of carbonyl (C=O) groups excluding carboxylic acids is 1. The lowest BCUT2D eigenvalue weighted by molar-refractivity contribution is -0.125. The highest BCUT2D eigenvalue weighted by molar-refractivity contribution is 7.99. The van der Waals surface area contributed by atoms with Crippen LogP contribution in [0.3, 0.4) is 0 Å². The molecule has 0 saturated carbocycles. The van der Waals surface area contributed by atoms with Crippen LogP contribution in [0.2, 0.25) is 0 Å². The number of carbonyl (C=O) groups is 1. The van der Waals surface area contributed by atoms with E-state index in [0.717, 1.165) is 12.2 Å². The van der Waals surface area contributed by atoms with E-state index in [1.54, 1.807) is 30.8 Å². The Balaban J connectivity index is 1.80. The summed E-state index contributed by atoms with van der Waals surface area (Å²) in [5.41, 5.74) is 6.91. The van der Waals surface area contributed by atoms with Crippen LogP contribution in [0.25, 0.3) is 11.1 Å². The molecule has 21 heavy (non-hydrogen) atoms. The van der Waals surface area contributed by atoms with Crippen LogP contribution in [-0.4, -0.2) is 30.7 Å². The van der Waals surface area contributed by atoms with Gasteiger partial charge in [-0.05, 0) is 34.2 Å². The van der Waals surface area contributed by atoms with Crippen molar-refractivity contribution in [2.24, 2.45) is 0 Å². The van der Waals surface area contributed by atoms with Gasteiger partial charge < -0.3 is 4.90 Å². The molecule has 1 aliphatic carbocycles. The van der Waals surface area contributed by atoms with Gasteiger partial charge in [0, 0.05) is 19.8 Å². The predicted octanol–water partition coefficient (Wildman–Crippen LogP) is 3.58. The molecular formula is C18H19NOS. The number of hydrogen-bond acceptors (Lipinski definition) is 2. The largest absolute Gasteiger partial charge is 0.348 e. The summed E-state index contributed by atoms with van der Waals surface area (Å²) in [7, 11) is 3.61.